The first-order chi connectivity index (χ1) is 17.5. The van der Waals surface area contributed by atoms with Crippen molar-refractivity contribution in [2.24, 2.45) is 23.7 Å². The van der Waals surface area contributed by atoms with Crippen LogP contribution in [0.5, 0.6) is 0 Å². The van der Waals surface area contributed by atoms with Crippen LogP contribution in [0.2, 0.25) is 0 Å². The third-order valence-corrected chi connectivity index (χ3v) is 11.1. The van der Waals surface area contributed by atoms with Crippen molar-refractivity contribution in [2.45, 2.75) is 29.9 Å². The van der Waals surface area contributed by atoms with Gasteiger partial charge in [-0.1, -0.05) is 44.0 Å². The highest BCUT2D eigenvalue weighted by molar-refractivity contribution is 9.12. The first kappa shape index (κ1) is 25.7. The van der Waals surface area contributed by atoms with E-state index < -0.39 is 46.8 Å². The van der Waals surface area contributed by atoms with Gasteiger partial charge in [0.05, 0.1) is 16.8 Å². The van der Waals surface area contributed by atoms with Gasteiger partial charge in [0.2, 0.25) is 0 Å². The molecule has 11 heteroatoms. The number of aryl methyl sites for hydroxylation is 2. The number of hydrogen-bond donors (Lipinski definition) is 0. The lowest BCUT2D eigenvalue weighted by Crippen LogP contribution is -2.52. The van der Waals surface area contributed by atoms with E-state index in [-0.39, 0.29) is 32.7 Å². The molecule has 1 aliphatic heterocycles. The van der Waals surface area contributed by atoms with Gasteiger partial charge in [-0.05, 0) is 61.4 Å². The highest BCUT2D eigenvalue weighted by atomic mass is 79.9. The Balaban J connectivity index is 1.51. The molecule has 0 radical (unpaired) electrons. The van der Waals surface area contributed by atoms with Crippen molar-refractivity contribution >= 4 is 61.1 Å². The summed E-state index contributed by atoms with van der Waals surface area (Å²) in [5.74, 6) is -3.44. The number of nitrogens with zero attached hydrogens (tertiary/aromatic N) is 3. The van der Waals surface area contributed by atoms with Crippen molar-refractivity contribution in [3.63, 3.8) is 0 Å². The number of hydrogen-bond acceptors (Lipinski definition) is 6. The minimum Gasteiger partial charge on any atom is -0.292 e. The highest BCUT2D eigenvalue weighted by Crippen LogP contribution is 2.60. The van der Waals surface area contributed by atoms with Crippen LogP contribution in [0, 0.1) is 47.6 Å². The second-order valence-electron chi connectivity index (χ2n) is 9.88. The van der Waals surface area contributed by atoms with Crippen molar-refractivity contribution in [1.82, 2.24) is 10.0 Å². The Kier molecular flexibility index (Phi) is 6.56. The van der Waals surface area contributed by atoms with E-state index in [2.05, 4.69) is 31.9 Å². The molecule has 3 aliphatic rings. The Morgan fingerprint density at radius 1 is 0.946 bits per heavy atom. The summed E-state index contributed by atoms with van der Waals surface area (Å²) in [6.07, 6.45) is 0.727. The molecule has 0 unspecified atom stereocenters. The molecule has 0 aromatic heterocycles. The van der Waals surface area contributed by atoms with Crippen LogP contribution in [0.15, 0.2) is 42.5 Å². The lowest BCUT2D eigenvalue weighted by atomic mass is 9.81. The second kappa shape index (κ2) is 9.43. The Labute approximate surface area is 229 Å². The maximum atomic E-state index is 13.7. The van der Waals surface area contributed by atoms with E-state index in [9.17, 15) is 29.3 Å². The Hall–Kier alpha value is -2.92. The van der Waals surface area contributed by atoms with Crippen molar-refractivity contribution in [1.29, 1.82) is 0 Å². The molecule has 3 amide bonds. The molecule has 2 aliphatic carbocycles. The predicted octanol–water partition coefficient (Wildman–Crippen LogP) is 4.23. The maximum absolute atomic E-state index is 13.7. The quantitative estimate of drug-likeness (QED) is 0.155. The standard InChI is InChI=1S/C26H23Br2N3O6/c1-12-3-4-15(9-13(12)2)19(32)11-29(24(33)14-5-7-16(8-6-14)31(36)37)30-25(34)20-17-10-18(21(20)26(30)35)23(28)22(17)27/h3-9,17-18,20-23H,10-11H2,1-2H3/t17-,18-,20-,21-,22-,23+/m1/s1. The average molecular weight is 633 g/mol. The third kappa shape index (κ3) is 4.12. The van der Waals surface area contributed by atoms with Crippen LogP contribution >= 0.6 is 31.9 Å². The zero-order valence-corrected chi connectivity index (χ0v) is 23.1. The van der Waals surface area contributed by atoms with Crippen molar-refractivity contribution in [2.75, 3.05) is 6.54 Å². The smallest absolute Gasteiger partial charge is 0.273 e. The molecule has 9 nitrogen and oxygen atoms in total. The molecule has 192 valence electrons. The summed E-state index contributed by atoms with van der Waals surface area (Å²) in [5.41, 5.74) is 2.06. The first-order valence-electron chi connectivity index (χ1n) is 11.8. The van der Waals surface area contributed by atoms with Crippen molar-refractivity contribution in [3.8, 4) is 0 Å². The topological polar surface area (TPSA) is 118 Å². The largest absolute Gasteiger partial charge is 0.292 e. The zero-order chi connectivity index (χ0) is 26.8. The van der Waals surface area contributed by atoms with E-state index in [0.717, 1.165) is 27.6 Å². The van der Waals surface area contributed by atoms with Gasteiger partial charge in [0.1, 0.15) is 6.54 Å². The van der Waals surface area contributed by atoms with Gasteiger partial charge in [-0.15, -0.1) is 0 Å². The van der Waals surface area contributed by atoms with Crippen LogP contribution in [-0.4, -0.2) is 54.6 Å². The second-order valence-corrected chi connectivity index (χ2v) is 12.0. The summed E-state index contributed by atoms with van der Waals surface area (Å²) in [5, 5.41) is 12.8. The Bertz CT molecular complexity index is 1310. The van der Waals surface area contributed by atoms with Crippen LogP contribution in [0.4, 0.5) is 5.69 Å². The van der Waals surface area contributed by atoms with Gasteiger partial charge in [0.25, 0.3) is 23.4 Å². The number of halogens is 2. The molecule has 2 saturated carbocycles. The molecule has 2 aromatic carbocycles. The monoisotopic (exact) mass is 631 g/mol. The summed E-state index contributed by atoms with van der Waals surface area (Å²) in [6, 6.07) is 10.0. The average Bonchev–Trinajstić information content (AvgIpc) is 3.48. The molecule has 37 heavy (non-hydrogen) atoms. The number of nitro groups is 1. The molecule has 2 bridgehead atoms. The van der Waals surface area contributed by atoms with E-state index in [1.807, 2.05) is 13.8 Å². The Morgan fingerprint density at radius 3 is 2.00 bits per heavy atom. The first-order valence-corrected chi connectivity index (χ1v) is 13.7. The molecule has 5 rings (SSSR count). The van der Waals surface area contributed by atoms with Crippen LogP contribution in [0.25, 0.3) is 0 Å². The third-order valence-electron chi connectivity index (χ3n) is 7.89. The molecule has 0 N–H and O–H groups in total. The molecular weight excluding hydrogens is 610 g/mol. The van der Waals surface area contributed by atoms with E-state index in [1.165, 1.54) is 24.3 Å². The van der Waals surface area contributed by atoms with Gasteiger partial charge in [-0.2, -0.15) is 5.01 Å². The lowest BCUT2D eigenvalue weighted by molar-refractivity contribution is -0.384. The van der Waals surface area contributed by atoms with Gasteiger partial charge in [-0.25, -0.2) is 5.01 Å². The van der Waals surface area contributed by atoms with Crippen LogP contribution in [0.3, 0.4) is 0 Å². The van der Waals surface area contributed by atoms with Crippen LogP contribution in [-0.2, 0) is 9.59 Å². The number of ketones is 1. The van der Waals surface area contributed by atoms with Crippen LogP contribution in [0.1, 0.15) is 38.3 Å². The number of benzene rings is 2. The Morgan fingerprint density at radius 2 is 1.49 bits per heavy atom. The summed E-state index contributed by atoms with van der Waals surface area (Å²) >= 11 is 7.30. The van der Waals surface area contributed by atoms with Crippen molar-refractivity contribution in [3.05, 3.63) is 74.8 Å². The molecule has 1 saturated heterocycles. The number of Topliss-reactive ketones (excluding diaryl/α,β-unsaturated/α-hetero) is 1. The predicted molar refractivity (Wildman–Crippen MR) is 140 cm³/mol. The minimum absolute atomic E-state index is 0.0199. The number of nitro benzene ring substituents is 1. The molecule has 2 aromatic rings. The zero-order valence-electron chi connectivity index (χ0n) is 20.0. The fourth-order valence-corrected chi connectivity index (χ4v) is 7.69. The number of alkyl halides is 2. The van der Waals surface area contributed by atoms with Gasteiger partial charge >= 0.3 is 0 Å². The molecule has 0 spiro atoms. The number of carbonyl (C=O) groups excluding carboxylic acids is 4. The number of amides is 3. The van der Waals surface area contributed by atoms with Gasteiger partial charge in [0, 0.05) is 32.9 Å². The number of non-ortho nitro benzene ring substituents is 1. The molecule has 3 fully saturated rings. The number of fused-ring (bicyclic) bond motifs is 5. The number of hydrazine groups is 1. The number of carbonyl (C=O) groups is 4. The minimum atomic E-state index is -0.758. The molecule has 1 heterocycles. The van der Waals surface area contributed by atoms with E-state index in [1.54, 1.807) is 18.2 Å². The lowest BCUT2D eigenvalue weighted by Gasteiger charge is -2.31. The maximum Gasteiger partial charge on any atom is 0.273 e. The van der Waals surface area contributed by atoms with Gasteiger partial charge < -0.3 is 0 Å². The fourth-order valence-electron chi connectivity index (χ4n) is 5.82. The summed E-state index contributed by atoms with van der Waals surface area (Å²) in [7, 11) is 0. The highest BCUT2D eigenvalue weighted by Gasteiger charge is 2.67. The number of rotatable bonds is 6. The summed E-state index contributed by atoms with van der Waals surface area (Å²) in [4.78, 5) is 64.8. The molecular formula is C26H23Br2N3O6. The van der Waals surface area contributed by atoms with E-state index in [0.29, 0.717) is 5.56 Å². The van der Waals surface area contributed by atoms with Gasteiger partial charge in [-0.3, -0.25) is 29.3 Å². The summed E-state index contributed by atoms with van der Waals surface area (Å²) in [6.45, 7) is 3.25. The number of imide groups is 1. The molecule has 6 atom stereocenters. The normalized spacial score (nSPS) is 27.9. The van der Waals surface area contributed by atoms with Gasteiger partial charge in [0.15, 0.2) is 5.78 Å². The SMILES string of the molecule is Cc1ccc(C(=O)CN(C(=O)c2ccc([N+](=O)[O-])cc2)N2C(=O)[C@@H]3[C@H]4C[C@@H]([C@@H](Br)[C@H]4Br)[C@H]3C2=O)cc1C. The van der Waals surface area contributed by atoms with E-state index >= 15 is 0 Å². The van der Waals surface area contributed by atoms with Crippen LogP contribution < -0.4 is 0 Å². The van der Waals surface area contributed by atoms with Crippen molar-refractivity contribution < 1.29 is 24.1 Å². The fraction of sp³-hybridized carbons (Fsp3) is 0.385. The van der Waals surface area contributed by atoms with E-state index in [4.69, 9.17) is 0 Å². The summed E-state index contributed by atoms with van der Waals surface area (Å²) < 4.78 is 0.